The van der Waals surface area contributed by atoms with Gasteiger partial charge < -0.3 is 5.73 Å². The highest BCUT2D eigenvalue weighted by atomic mass is 79.9. The van der Waals surface area contributed by atoms with Gasteiger partial charge >= 0.3 is 0 Å². The SMILES string of the molecule is Nc1c(-c2ccc(Br)c(Cl)c2)nc2c(Br)cccn12. The van der Waals surface area contributed by atoms with E-state index in [9.17, 15) is 0 Å². The molecule has 0 fully saturated rings. The van der Waals surface area contributed by atoms with Crippen molar-refractivity contribution < 1.29 is 0 Å². The average molecular weight is 401 g/mol. The molecule has 3 aromatic rings. The van der Waals surface area contributed by atoms with Gasteiger partial charge in [-0.15, -0.1) is 0 Å². The second-order valence-electron chi connectivity index (χ2n) is 4.02. The van der Waals surface area contributed by atoms with Crippen LogP contribution in [0, 0.1) is 0 Å². The molecule has 0 bridgehead atoms. The lowest BCUT2D eigenvalue weighted by Crippen LogP contribution is -1.93. The zero-order valence-electron chi connectivity index (χ0n) is 9.57. The van der Waals surface area contributed by atoms with Crippen molar-refractivity contribution in [1.82, 2.24) is 9.38 Å². The fourth-order valence-corrected chi connectivity index (χ4v) is 2.77. The molecule has 2 aromatic heterocycles. The number of hydrogen-bond donors (Lipinski definition) is 1. The Morgan fingerprint density at radius 3 is 2.63 bits per heavy atom. The summed E-state index contributed by atoms with van der Waals surface area (Å²) in [5, 5.41) is 0.632. The molecule has 0 unspecified atom stereocenters. The first-order valence-electron chi connectivity index (χ1n) is 5.45. The first-order valence-corrected chi connectivity index (χ1v) is 7.42. The molecule has 0 aliphatic carbocycles. The Labute approximate surface area is 131 Å². The van der Waals surface area contributed by atoms with Gasteiger partial charge in [0, 0.05) is 16.2 Å². The second kappa shape index (κ2) is 4.81. The molecule has 0 saturated carbocycles. The molecule has 3 rings (SSSR count). The fourth-order valence-electron chi connectivity index (χ4n) is 1.91. The molecule has 0 aliphatic heterocycles. The van der Waals surface area contributed by atoms with Crippen molar-refractivity contribution in [3.8, 4) is 11.3 Å². The lowest BCUT2D eigenvalue weighted by atomic mass is 10.1. The lowest BCUT2D eigenvalue weighted by Gasteiger charge is -2.01. The van der Waals surface area contributed by atoms with E-state index in [4.69, 9.17) is 17.3 Å². The summed E-state index contributed by atoms with van der Waals surface area (Å²) in [6.45, 7) is 0. The molecule has 2 N–H and O–H groups in total. The van der Waals surface area contributed by atoms with Gasteiger partial charge in [0.25, 0.3) is 0 Å². The number of nitrogens with zero attached hydrogens (tertiary/aromatic N) is 2. The number of nitrogens with two attached hydrogens (primary N) is 1. The van der Waals surface area contributed by atoms with Gasteiger partial charge in [-0.05, 0) is 56.1 Å². The number of benzene rings is 1. The minimum Gasteiger partial charge on any atom is -0.383 e. The second-order valence-corrected chi connectivity index (χ2v) is 6.14. The zero-order valence-corrected chi connectivity index (χ0v) is 13.5. The van der Waals surface area contributed by atoms with Gasteiger partial charge in [-0.1, -0.05) is 17.7 Å². The minimum absolute atomic E-state index is 0.592. The van der Waals surface area contributed by atoms with Crippen LogP contribution in [0.5, 0.6) is 0 Å². The summed E-state index contributed by atoms with van der Waals surface area (Å²) in [6.07, 6.45) is 1.88. The normalized spacial score (nSPS) is 11.1. The van der Waals surface area contributed by atoms with Crippen LogP contribution in [0.4, 0.5) is 5.82 Å². The van der Waals surface area contributed by atoms with E-state index in [0.29, 0.717) is 10.8 Å². The maximum Gasteiger partial charge on any atom is 0.153 e. The number of pyridine rings is 1. The molecule has 0 spiro atoms. The van der Waals surface area contributed by atoms with E-state index in [1.807, 2.05) is 40.9 Å². The van der Waals surface area contributed by atoms with Crippen molar-refractivity contribution in [3.05, 3.63) is 50.5 Å². The van der Waals surface area contributed by atoms with Gasteiger partial charge in [0.15, 0.2) is 5.65 Å². The number of hydrogen-bond acceptors (Lipinski definition) is 2. The predicted octanol–water partition coefficient (Wildman–Crippen LogP) is 4.76. The number of nitrogen functional groups attached to an aromatic ring is 1. The molecule has 19 heavy (non-hydrogen) atoms. The Bertz CT molecular complexity index is 783. The molecule has 0 atom stereocenters. The summed E-state index contributed by atoms with van der Waals surface area (Å²) in [6, 6.07) is 9.50. The highest BCUT2D eigenvalue weighted by Crippen LogP contribution is 2.33. The summed E-state index contributed by atoms with van der Waals surface area (Å²) in [5.41, 5.74) is 8.55. The average Bonchev–Trinajstić information content (AvgIpc) is 2.72. The number of aromatic nitrogens is 2. The van der Waals surface area contributed by atoms with E-state index in [1.54, 1.807) is 0 Å². The Balaban J connectivity index is 2.28. The molecule has 1 aromatic carbocycles. The van der Waals surface area contributed by atoms with Crippen LogP contribution >= 0.6 is 43.5 Å². The largest absolute Gasteiger partial charge is 0.383 e. The van der Waals surface area contributed by atoms with E-state index in [-0.39, 0.29) is 0 Å². The third-order valence-corrected chi connectivity index (χ3v) is 4.68. The zero-order chi connectivity index (χ0) is 13.6. The number of rotatable bonds is 1. The Kier molecular flexibility index (Phi) is 3.28. The monoisotopic (exact) mass is 399 g/mol. The third-order valence-electron chi connectivity index (χ3n) is 2.83. The van der Waals surface area contributed by atoms with Crippen LogP contribution in [0.1, 0.15) is 0 Å². The van der Waals surface area contributed by atoms with Crippen LogP contribution in [0.2, 0.25) is 5.02 Å². The van der Waals surface area contributed by atoms with Crippen molar-refractivity contribution in [2.75, 3.05) is 5.73 Å². The molecule has 3 nitrogen and oxygen atoms in total. The summed E-state index contributed by atoms with van der Waals surface area (Å²) in [5.74, 6) is 0.592. The first kappa shape index (κ1) is 13.0. The smallest absolute Gasteiger partial charge is 0.153 e. The number of imidazole rings is 1. The summed E-state index contributed by atoms with van der Waals surface area (Å²) in [4.78, 5) is 4.57. The number of halogens is 3. The molecule has 96 valence electrons. The first-order chi connectivity index (χ1) is 9.08. The molecule has 0 saturated heterocycles. The molecular formula is C13H8Br2ClN3. The van der Waals surface area contributed by atoms with Crippen molar-refractivity contribution in [2.24, 2.45) is 0 Å². The summed E-state index contributed by atoms with van der Waals surface area (Å²) < 4.78 is 3.59. The Morgan fingerprint density at radius 1 is 1.16 bits per heavy atom. The van der Waals surface area contributed by atoms with Crippen molar-refractivity contribution in [3.63, 3.8) is 0 Å². The van der Waals surface area contributed by atoms with Crippen molar-refractivity contribution >= 4 is 54.9 Å². The highest BCUT2D eigenvalue weighted by Gasteiger charge is 2.13. The Morgan fingerprint density at radius 2 is 1.95 bits per heavy atom. The minimum atomic E-state index is 0.592. The van der Waals surface area contributed by atoms with Crippen LogP contribution in [-0.2, 0) is 0 Å². The molecule has 2 heterocycles. The van der Waals surface area contributed by atoms with Crippen LogP contribution in [0.25, 0.3) is 16.9 Å². The highest BCUT2D eigenvalue weighted by molar-refractivity contribution is 9.11. The van der Waals surface area contributed by atoms with E-state index >= 15 is 0 Å². The lowest BCUT2D eigenvalue weighted by molar-refractivity contribution is 1.19. The van der Waals surface area contributed by atoms with Crippen LogP contribution in [0.3, 0.4) is 0 Å². The van der Waals surface area contributed by atoms with E-state index in [1.165, 1.54) is 0 Å². The Hall–Kier alpha value is -1.04. The van der Waals surface area contributed by atoms with E-state index in [2.05, 4.69) is 36.8 Å². The van der Waals surface area contributed by atoms with Crippen LogP contribution in [-0.4, -0.2) is 9.38 Å². The van der Waals surface area contributed by atoms with Gasteiger partial charge in [0.1, 0.15) is 11.5 Å². The molecular weight excluding hydrogens is 393 g/mol. The molecule has 6 heteroatoms. The van der Waals surface area contributed by atoms with E-state index in [0.717, 1.165) is 25.8 Å². The van der Waals surface area contributed by atoms with Gasteiger partial charge in [0.2, 0.25) is 0 Å². The van der Waals surface area contributed by atoms with Crippen molar-refractivity contribution in [2.45, 2.75) is 0 Å². The summed E-state index contributed by atoms with van der Waals surface area (Å²) in [7, 11) is 0. The van der Waals surface area contributed by atoms with Gasteiger partial charge in [0.05, 0.1) is 9.50 Å². The maximum atomic E-state index is 6.15. The quantitative estimate of drug-likeness (QED) is 0.639. The number of anilines is 1. The van der Waals surface area contributed by atoms with Gasteiger partial charge in [-0.2, -0.15) is 0 Å². The van der Waals surface area contributed by atoms with Crippen molar-refractivity contribution in [1.29, 1.82) is 0 Å². The topological polar surface area (TPSA) is 43.3 Å². The maximum absolute atomic E-state index is 6.15. The summed E-state index contributed by atoms with van der Waals surface area (Å²) >= 11 is 13.0. The molecule has 0 amide bonds. The molecule has 0 aliphatic rings. The van der Waals surface area contributed by atoms with Gasteiger partial charge in [-0.3, -0.25) is 4.40 Å². The van der Waals surface area contributed by atoms with Crippen LogP contribution < -0.4 is 5.73 Å². The number of fused-ring (bicyclic) bond motifs is 1. The van der Waals surface area contributed by atoms with Gasteiger partial charge in [-0.25, -0.2) is 4.98 Å². The fraction of sp³-hybridized carbons (Fsp3) is 0. The third kappa shape index (κ3) is 2.16. The van der Waals surface area contributed by atoms with E-state index < -0.39 is 0 Å². The predicted molar refractivity (Wildman–Crippen MR) is 85.5 cm³/mol. The molecule has 0 radical (unpaired) electrons. The standard InChI is InChI=1S/C13H8Br2ClN3/c14-8-4-3-7(6-10(8)16)11-12(17)19-5-1-2-9(15)13(19)18-11/h1-6H,17H2. The van der Waals surface area contributed by atoms with Crippen LogP contribution in [0.15, 0.2) is 45.5 Å².